The Kier molecular flexibility index (Phi) is 4.79. The standard InChI is InChI=1S/C21H26O2/c1-16(22)18-10-8-17(9-11-18)6-5-7-19-20(23)12-15-21(19)13-3-2-4-14-21/h5,7-11,19H,2-4,6,12-15H2,1H3/b7-5-. The van der Waals surface area contributed by atoms with Gasteiger partial charge in [0.25, 0.3) is 0 Å². The summed E-state index contributed by atoms with van der Waals surface area (Å²) in [4.78, 5) is 23.6. The maximum atomic E-state index is 12.3. The summed E-state index contributed by atoms with van der Waals surface area (Å²) in [5.41, 5.74) is 2.21. The molecule has 2 aliphatic carbocycles. The van der Waals surface area contributed by atoms with E-state index in [1.165, 1.54) is 37.7 Å². The second-order valence-corrected chi connectivity index (χ2v) is 7.25. The molecule has 3 rings (SSSR count). The first-order valence-corrected chi connectivity index (χ1v) is 8.90. The van der Waals surface area contributed by atoms with Crippen molar-refractivity contribution in [3.8, 4) is 0 Å². The Bertz CT molecular complexity index is 603. The summed E-state index contributed by atoms with van der Waals surface area (Å²) in [7, 11) is 0. The molecule has 0 amide bonds. The van der Waals surface area contributed by atoms with Gasteiger partial charge < -0.3 is 0 Å². The predicted molar refractivity (Wildman–Crippen MR) is 92.5 cm³/mol. The molecule has 0 heterocycles. The molecular formula is C21H26O2. The summed E-state index contributed by atoms with van der Waals surface area (Å²) in [6.07, 6.45) is 13.4. The van der Waals surface area contributed by atoms with Gasteiger partial charge in [-0.25, -0.2) is 0 Å². The van der Waals surface area contributed by atoms with E-state index in [-0.39, 0.29) is 17.1 Å². The molecule has 2 fully saturated rings. The molecule has 0 N–H and O–H groups in total. The molecule has 0 radical (unpaired) electrons. The highest BCUT2D eigenvalue weighted by molar-refractivity contribution is 5.94. The Morgan fingerprint density at radius 1 is 1.13 bits per heavy atom. The van der Waals surface area contributed by atoms with Gasteiger partial charge in [-0.3, -0.25) is 9.59 Å². The highest BCUT2D eigenvalue weighted by Gasteiger charge is 2.46. The number of allylic oxidation sites excluding steroid dienone is 2. The fourth-order valence-corrected chi connectivity index (χ4v) is 4.37. The molecule has 1 spiro atoms. The minimum absolute atomic E-state index is 0.0999. The van der Waals surface area contributed by atoms with Crippen LogP contribution in [0.25, 0.3) is 0 Å². The fraction of sp³-hybridized carbons (Fsp3) is 0.524. The van der Waals surface area contributed by atoms with Crippen LogP contribution in [-0.4, -0.2) is 11.6 Å². The molecule has 23 heavy (non-hydrogen) atoms. The molecule has 0 aliphatic heterocycles. The number of hydrogen-bond acceptors (Lipinski definition) is 2. The van der Waals surface area contributed by atoms with Crippen LogP contribution in [0.15, 0.2) is 36.4 Å². The van der Waals surface area contributed by atoms with Crippen LogP contribution < -0.4 is 0 Å². The first kappa shape index (κ1) is 16.2. The zero-order valence-corrected chi connectivity index (χ0v) is 14.0. The highest BCUT2D eigenvalue weighted by atomic mass is 16.1. The van der Waals surface area contributed by atoms with Crippen LogP contribution in [0.4, 0.5) is 0 Å². The van der Waals surface area contributed by atoms with Gasteiger partial charge in [0.05, 0.1) is 0 Å². The van der Waals surface area contributed by atoms with Gasteiger partial charge in [-0.15, -0.1) is 0 Å². The van der Waals surface area contributed by atoms with Crippen LogP contribution in [0.5, 0.6) is 0 Å². The van der Waals surface area contributed by atoms with Gasteiger partial charge in [-0.1, -0.05) is 55.7 Å². The minimum Gasteiger partial charge on any atom is -0.299 e. The van der Waals surface area contributed by atoms with Crippen molar-refractivity contribution in [3.63, 3.8) is 0 Å². The largest absolute Gasteiger partial charge is 0.299 e. The third-order valence-electron chi connectivity index (χ3n) is 5.77. The Morgan fingerprint density at radius 2 is 1.83 bits per heavy atom. The Morgan fingerprint density at radius 3 is 2.48 bits per heavy atom. The van der Waals surface area contributed by atoms with Crippen LogP contribution in [0.1, 0.15) is 67.8 Å². The van der Waals surface area contributed by atoms with Gasteiger partial charge in [0, 0.05) is 17.9 Å². The quantitative estimate of drug-likeness (QED) is 0.584. The lowest BCUT2D eigenvalue weighted by atomic mass is 9.67. The lowest BCUT2D eigenvalue weighted by Gasteiger charge is -2.37. The van der Waals surface area contributed by atoms with Gasteiger partial charge in [-0.05, 0) is 43.6 Å². The lowest BCUT2D eigenvalue weighted by Crippen LogP contribution is -2.29. The summed E-state index contributed by atoms with van der Waals surface area (Å²) < 4.78 is 0. The molecule has 2 heteroatoms. The van der Waals surface area contributed by atoms with E-state index in [0.717, 1.165) is 24.8 Å². The summed E-state index contributed by atoms with van der Waals surface area (Å²) >= 11 is 0. The van der Waals surface area contributed by atoms with Gasteiger partial charge in [0.1, 0.15) is 5.78 Å². The van der Waals surface area contributed by atoms with E-state index in [9.17, 15) is 9.59 Å². The van der Waals surface area contributed by atoms with Gasteiger partial charge in [-0.2, -0.15) is 0 Å². The van der Waals surface area contributed by atoms with Crippen LogP contribution in [-0.2, 0) is 11.2 Å². The van der Waals surface area contributed by atoms with E-state index in [2.05, 4.69) is 12.2 Å². The van der Waals surface area contributed by atoms with Crippen molar-refractivity contribution < 1.29 is 9.59 Å². The normalized spacial score (nSPS) is 23.7. The zero-order chi connectivity index (χ0) is 16.3. The van der Waals surface area contributed by atoms with Crippen molar-refractivity contribution in [2.24, 2.45) is 11.3 Å². The van der Waals surface area contributed by atoms with Crippen LogP contribution in [0.3, 0.4) is 0 Å². The number of Topliss-reactive ketones (excluding diaryl/α,β-unsaturated/α-hetero) is 2. The van der Waals surface area contributed by atoms with E-state index in [1.807, 2.05) is 24.3 Å². The summed E-state index contributed by atoms with van der Waals surface area (Å²) in [6.45, 7) is 1.59. The van der Waals surface area contributed by atoms with Crippen molar-refractivity contribution in [1.82, 2.24) is 0 Å². The molecule has 1 aromatic carbocycles. The van der Waals surface area contributed by atoms with Crippen LogP contribution in [0.2, 0.25) is 0 Å². The summed E-state index contributed by atoms with van der Waals surface area (Å²) in [5.74, 6) is 0.678. The molecule has 0 bridgehead atoms. The van der Waals surface area contributed by atoms with Crippen molar-refractivity contribution in [2.75, 3.05) is 0 Å². The predicted octanol–water partition coefficient (Wildman–Crippen LogP) is 4.92. The van der Waals surface area contributed by atoms with E-state index in [4.69, 9.17) is 0 Å². The molecule has 0 aromatic heterocycles. The Balaban J connectivity index is 1.66. The first-order chi connectivity index (χ1) is 11.1. The average Bonchev–Trinajstić information content (AvgIpc) is 2.85. The minimum atomic E-state index is 0.0999. The number of benzene rings is 1. The second-order valence-electron chi connectivity index (χ2n) is 7.25. The summed E-state index contributed by atoms with van der Waals surface area (Å²) in [5, 5.41) is 0. The van der Waals surface area contributed by atoms with Crippen molar-refractivity contribution >= 4 is 11.6 Å². The molecule has 2 saturated carbocycles. The maximum Gasteiger partial charge on any atom is 0.159 e. The Hall–Kier alpha value is -1.70. The van der Waals surface area contributed by atoms with E-state index in [0.29, 0.717) is 5.78 Å². The van der Waals surface area contributed by atoms with Crippen molar-refractivity contribution in [3.05, 3.63) is 47.5 Å². The number of ketones is 2. The smallest absolute Gasteiger partial charge is 0.159 e. The lowest BCUT2D eigenvalue weighted by molar-refractivity contribution is -0.121. The molecule has 0 saturated heterocycles. The topological polar surface area (TPSA) is 34.1 Å². The Labute approximate surface area is 139 Å². The molecule has 122 valence electrons. The highest BCUT2D eigenvalue weighted by Crippen LogP contribution is 2.51. The molecule has 2 nitrogen and oxygen atoms in total. The molecule has 1 aromatic rings. The number of carbonyl (C=O) groups excluding carboxylic acids is 2. The first-order valence-electron chi connectivity index (χ1n) is 8.90. The third-order valence-corrected chi connectivity index (χ3v) is 5.77. The second kappa shape index (κ2) is 6.82. The zero-order valence-electron chi connectivity index (χ0n) is 14.0. The molecule has 2 aliphatic rings. The van der Waals surface area contributed by atoms with E-state index in [1.54, 1.807) is 6.92 Å². The van der Waals surface area contributed by atoms with Gasteiger partial charge in [0.2, 0.25) is 0 Å². The van der Waals surface area contributed by atoms with Crippen LogP contribution >= 0.6 is 0 Å². The maximum absolute atomic E-state index is 12.3. The van der Waals surface area contributed by atoms with Gasteiger partial charge >= 0.3 is 0 Å². The van der Waals surface area contributed by atoms with Crippen molar-refractivity contribution in [2.45, 2.75) is 58.3 Å². The average molecular weight is 310 g/mol. The monoisotopic (exact) mass is 310 g/mol. The molecule has 1 unspecified atom stereocenters. The van der Waals surface area contributed by atoms with Crippen molar-refractivity contribution in [1.29, 1.82) is 0 Å². The number of hydrogen-bond donors (Lipinski definition) is 0. The molecule has 1 atom stereocenters. The SMILES string of the molecule is CC(=O)c1ccc(C/C=C\C2C(=O)CCC23CCCCC3)cc1. The number of rotatable bonds is 4. The van der Waals surface area contributed by atoms with Gasteiger partial charge in [0.15, 0.2) is 5.78 Å². The summed E-state index contributed by atoms with van der Waals surface area (Å²) in [6, 6.07) is 7.78. The van der Waals surface area contributed by atoms with E-state index < -0.39 is 0 Å². The fourth-order valence-electron chi connectivity index (χ4n) is 4.37. The number of carbonyl (C=O) groups is 2. The van der Waals surface area contributed by atoms with Crippen LogP contribution in [0, 0.1) is 11.3 Å². The third kappa shape index (κ3) is 3.46. The molecular weight excluding hydrogens is 284 g/mol. The van der Waals surface area contributed by atoms with E-state index >= 15 is 0 Å².